The van der Waals surface area contributed by atoms with E-state index >= 15 is 0 Å². The van der Waals surface area contributed by atoms with E-state index in [0.717, 1.165) is 42.7 Å². The molecule has 21 heavy (non-hydrogen) atoms. The fourth-order valence-corrected chi connectivity index (χ4v) is 3.30. The molecule has 2 atom stereocenters. The van der Waals surface area contributed by atoms with E-state index < -0.39 is 0 Å². The molecule has 0 spiro atoms. The van der Waals surface area contributed by atoms with Crippen LogP contribution in [-0.4, -0.2) is 34.5 Å². The molecule has 1 fully saturated rings. The molecule has 0 aliphatic carbocycles. The van der Waals surface area contributed by atoms with Gasteiger partial charge in [0.25, 0.3) is 0 Å². The van der Waals surface area contributed by atoms with E-state index in [1.165, 1.54) is 0 Å². The van der Waals surface area contributed by atoms with Gasteiger partial charge in [0.1, 0.15) is 16.7 Å². The van der Waals surface area contributed by atoms with Crippen LogP contribution in [0.15, 0.2) is 11.1 Å². The van der Waals surface area contributed by atoms with Gasteiger partial charge in [-0.2, -0.15) is 0 Å². The van der Waals surface area contributed by atoms with E-state index in [0.29, 0.717) is 11.4 Å². The first kappa shape index (κ1) is 16.6. The number of hydrogen-bond donors (Lipinski definition) is 1. The molecule has 5 heteroatoms. The van der Waals surface area contributed by atoms with Crippen molar-refractivity contribution in [1.82, 2.24) is 9.97 Å². The molecule has 1 aromatic heterocycles. The lowest BCUT2D eigenvalue weighted by Gasteiger charge is -2.20. The van der Waals surface area contributed by atoms with Gasteiger partial charge in [0.2, 0.25) is 0 Å². The Balaban J connectivity index is 2.22. The van der Waals surface area contributed by atoms with Gasteiger partial charge in [-0.25, -0.2) is 9.97 Å². The van der Waals surface area contributed by atoms with Crippen molar-refractivity contribution < 1.29 is 4.74 Å². The lowest BCUT2D eigenvalue weighted by molar-refractivity contribution is 0.127. The average Bonchev–Trinajstić information content (AvgIpc) is 2.81. The standard InChI is InChI=1S/C16H27N3OS/c1-6-8-17-13-10-14(19-15(18-13)16(3,4)5)21-12-7-9-20-11(12)2/h10-12H,6-9H2,1-5H3,(H,17,18,19). The Labute approximate surface area is 132 Å². The molecule has 0 radical (unpaired) electrons. The Hall–Kier alpha value is -0.810. The third-order valence-electron chi connectivity index (χ3n) is 3.51. The quantitative estimate of drug-likeness (QED) is 0.837. The minimum Gasteiger partial charge on any atom is -0.377 e. The highest BCUT2D eigenvalue weighted by atomic mass is 32.2. The second kappa shape index (κ2) is 6.97. The molecule has 2 unspecified atom stereocenters. The zero-order valence-electron chi connectivity index (χ0n) is 13.8. The molecule has 0 saturated carbocycles. The van der Waals surface area contributed by atoms with Crippen LogP contribution in [0.5, 0.6) is 0 Å². The van der Waals surface area contributed by atoms with Crippen LogP contribution >= 0.6 is 11.8 Å². The van der Waals surface area contributed by atoms with E-state index in [-0.39, 0.29) is 5.41 Å². The third-order valence-corrected chi connectivity index (χ3v) is 4.88. The SMILES string of the molecule is CCCNc1cc(SC2CCOC2C)nc(C(C)(C)C)n1. The molecule has 1 aliphatic heterocycles. The van der Waals surface area contributed by atoms with E-state index in [1.807, 2.05) is 11.8 Å². The molecule has 1 aliphatic rings. The van der Waals surface area contributed by atoms with Crippen molar-refractivity contribution >= 4 is 17.6 Å². The Bertz CT molecular complexity index is 473. The summed E-state index contributed by atoms with van der Waals surface area (Å²) in [7, 11) is 0. The molecule has 1 saturated heterocycles. The normalized spacial score (nSPS) is 22.5. The van der Waals surface area contributed by atoms with Crippen molar-refractivity contribution in [2.45, 2.75) is 69.3 Å². The van der Waals surface area contributed by atoms with Gasteiger partial charge in [0, 0.05) is 29.9 Å². The van der Waals surface area contributed by atoms with Crippen LogP contribution in [0.2, 0.25) is 0 Å². The molecule has 1 N–H and O–H groups in total. The van der Waals surface area contributed by atoms with Crippen LogP contribution in [0.1, 0.15) is 53.3 Å². The molecule has 0 aromatic carbocycles. The molecule has 1 aromatic rings. The fraction of sp³-hybridized carbons (Fsp3) is 0.750. The zero-order valence-corrected chi connectivity index (χ0v) is 14.6. The summed E-state index contributed by atoms with van der Waals surface area (Å²) in [6.45, 7) is 12.6. The van der Waals surface area contributed by atoms with E-state index in [9.17, 15) is 0 Å². The monoisotopic (exact) mass is 309 g/mol. The van der Waals surface area contributed by atoms with Gasteiger partial charge < -0.3 is 10.1 Å². The maximum atomic E-state index is 5.65. The van der Waals surface area contributed by atoms with Gasteiger partial charge in [-0.15, -0.1) is 11.8 Å². The zero-order chi connectivity index (χ0) is 15.5. The fourth-order valence-electron chi connectivity index (χ4n) is 2.19. The minimum absolute atomic E-state index is 0.0446. The number of nitrogens with zero attached hydrogens (tertiary/aromatic N) is 2. The second-order valence-electron chi connectivity index (χ2n) is 6.61. The molecular formula is C16H27N3OS. The molecule has 2 heterocycles. The third kappa shape index (κ3) is 4.58. The number of anilines is 1. The molecule has 0 bridgehead atoms. The van der Waals surface area contributed by atoms with Gasteiger partial charge >= 0.3 is 0 Å². The van der Waals surface area contributed by atoms with E-state index in [1.54, 1.807) is 0 Å². The first-order chi connectivity index (χ1) is 9.90. The second-order valence-corrected chi connectivity index (χ2v) is 7.87. The Morgan fingerprint density at radius 2 is 2.14 bits per heavy atom. The van der Waals surface area contributed by atoms with Gasteiger partial charge in [0.15, 0.2) is 0 Å². The Morgan fingerprint density at radius 3 is 2.71 bits per heavy atom. The van der Waals surface area contributed by atoms with E-state index in [2.05, 4.69) is 51.0 Å². The van der Waals surface area contributed by atoms with Crippen molar-refractivity contribution in [3.8, 4) is 0 Å². The molecule has 2 rings (SSSR count). The highest BCUT2D eigenvalue weighted by molar-refractivity contribution is 7.99. The molecular weight excluding hydrogens is 282 g/mol. The van der Waals surface area contributed by atoms with Gasteiger partial charge in [0.05, 0.1) is 6.10 Å². The maximum absolute atomic E-state index is 5.65. The summed E-state index contributed by atoms with van der Waals surface area (Å²) < 4.78 is 5.65. The van der Waals surface area contributed by atoms with Crippen LogP contribution in [0.4, 0.5) is 5.82 Å². The van der Waals surface area contributed by atoms with Crippen molar-refractivity contribution in [2.75, 3.05) is 18.5 Å². The number of aromatic nitrogens is 2. The van der Waals surface area contributed by atoms with Crippen LogP contribution in [-0.2, 0) is 10.2 Å². The van der Waals surface area contributed by atoms with Crippen molar-refractivity contribution in [1.29, 1.82) is 0 Å². The van der Waals surface area contributed by atoms with Crippen LogP contribution in [0, 0.1) is 0 Å². The average molecular weight is 309 g/mol. The molecule has 4 nitrogen and oxygen atoms in total. The first-order valence-corrected chi connectivity index (χ1v) is 8.70. The number of ether oxygens (including phenoxy) is 1. The number of hydrogen-bond acceptors (Lipinski definition) is 5. The van der Waals surface area contributed by atoms with Crippen molar-refractivity contribution in [3.63, 3.8) is 0 Å². The smallest absolute Gasteiger partial charge is 0.137 e. The summed E-state index contributed by atoms with van der Waals surface area (Å²) in [6, 6.07) is 2.07. The minimum atomic E-state index is -0.0446. The lowest BCUT2D eigenvalue weighted by atomic mass is 9.96. The van der Waals surface area contributed by atoms with E-state index in [4.69, 9.17) is 9.72 Å². The number of nitrogens with one attached hydrogen (secondary N) is 1. The lowest BCUT2D eigenvalue weighted by Crippen LogP contribution is -2.19. The Morgan fingerprint density at radius 1 is 1.38 bits per heavy atom. The number of rotatable bonds is 5. The Kier molecular flexibility index (Phi) is 5.49. The summed E-state index contributed by atoms with van der Waals surface area (Å²) in [5, 5.41) is 4.93. The summed E-state index contributed by atoms with van der Waals surface area (Å²) >= 11 is 1.82. The maximum Gasteiger partial charge on any atom is 0.137 e. The van der Waals surface area contributed by atoms with Gasteiger partial charge in [-0.3, -0.25) is 0 Å². The summed E-state index contributed by atoms with van der Waals surface area (Å²) in [5.41, 5.74) is -0.0446. The summed E-state index contributed by atoms with van der Waals surface area (Å²) in [4.78, 5) is 9.44. The topological polar surface area (TPSA) is 47.0 Å². The largest absolute Gasteiger partial charge is 0.377 e. The highest BCUT2D eigenvalue weighted by Gasteiger charge is 2.27. The predicted molar refractivity (Wildman–Crippen MR) is 89.2 cm³/mol. The van der Waals surface area contributed by atoms with Crippen molar-refractivity contribution in [3.05, 3.63) is 11.9 Å². The van der Waals surface area contributed by atoms with Gasteiger partial charge in [-0.1, -0.05) is 27.7 Å². The van der Waals surface area contributed by atoms with Crippen LogP contribution in [0.25, 0.3) is 0 Å². The predicted octanol–water partition coefficient (Wildman–Crippen LogP) is 3.87. The van der Waals surface area contributed by atoms with Crippen LogP contribution < -0.4 is 5.32 Å². The van der Waals surface area contributed by atoms with Crippen LogP contribution in [0.3, 0.4) is 0 Å². The van der Waals surface area contributed by atoms with Crippen molar-refractivity contribution in [2.24, 2.45) is 0 Å². The molecule has 118 valence electrons. The number of thioether (sulfide) groups is 1. The first-order valence-electron chi connectivity index (χ1n) is 7.82. The highest BCUT2D eigenvalue weighted by Crippen LogP contribution is 2.33. The summed E-state index contributed by atoms with van der Waals surface area (Å²) in [5.74, 6) is 1.84. The van der Waals surface area contributed by atoms with Gasteiger partial charge in [-0.05, 0) is 19.8 Å². The molecule has 0 amide bonds. The summed E-state index contributed by atoms with van der Waals surface area (Å²) in [6.07, 6.45) is 2.48.